The number of ketones is 1. The maximum Gasteiger partial charge on any atom is 0.299 e. The summed E-state index contributed by atoms with van der Waals surface area (Å²) in [5.41, 5.74) is 2.80. The zero-order valence-corrected chi connectivity index (χ0v) is 12.1. The first-order valence-corrected chi connectivity index (χ1v) is 6.58. The quantitative estimate of drug-likeness (QED) is 0.846. The number of hydrogen-bond acceptors (Lipinski definition) is 3. The van der Waals surface area contributed by atoms with Crippen LogP contribution in [-0.4, -0.2) is 30.2 Å². The summed E-state index contributed by atoms with van der Waals surface area (Å²) in [6.45, 7) is 7.33. The molecule has 0 saturated carbocycles. The molecule has 1 heterocycles. The third-order valence-electron chi connectivity index (χ3n) is 3.41. The van der Waals surface area contributed by atoms with Gasteiger partial charge < -0.3 is 5.32 Å². The van der Waals surface area contributed by atoms with Gasteiger partial charge in [-0.25, -0.2) is 0 Å². The van der Waals surface area contributed by atoms with Crippen molar-refractivity contribution >= 4 is 23.3 Å². The zero-order valence-electron chi connectivity index (χ0n) is 12.1. The highest BCUT2D eigenvalue weighted by atomic mass is 16.2. The summed E-state index contributed by atoms with van der Waals surface area (Å²) in [5, 5.41) is 2.73. The van der Waals surface area contributed by atoms with Crippen LogP contribution >= 0.6 is 0 Å². The minimum atomic E-state index is -0.632. The molecule has 0 fully saturated rings. The standard InChI is InChI=1S/C15H18N2O3/c1-8(2)16-12(18)7-17-13-10(4)9(3)5-6-11(13)14(19)15(17)20/h5-6,8H,7H2,1-4H3,(H,16,18). The number of rotatable bonds is 3. The predicted molar refractivity (Wildman–Crippen MR) is 75.9 cm³/mol. The van der Waals surface area contributed by atoms with E-state index in [9.17, 15) is 14.4 Å². The highest BCUT2D eigenvalue weighted by Crippen LogP contribution is 2.33. The smallest absolute Gasteiger partial charge is 0.299 e. The molecule has 1 aliphatic rings. The molecule has 106 valence electrons. The first-order valence-electron chi connectivity index (χ1n) is 6.58. The molecule has 0 radical (unpaired) electrons. The molecule has 0 atom stereocenters. The van der Waals surface area contributed by atoms with Crippen LogP contribution in [0.5, 0.6) is 0 Å². The van der Waals surface area contributed by atoms with Gasteiger partial charge in [-0.05, 0) is 44.9 Å². The van der Waals surface area contributed by atoms with E-state index < -0.39 is 11.7 Å². The second kappa shape index (κ2) is 5.07. The van der Waals surface area contributed by atoms with Gasteiger partial charge in [-0.1, -0.05) is 6.07 Å². The maximum absolute atomic E-state index is 12.0. The summed E-state index contributed by atoms with van der Waals surface area (Å²) >= 11 is 0. The fourth-order valence-corrected chi connectivity index (χ4v) is 2.33. The molecule has 1 aliphatic heterocycles. The predicted octanol–water partition coefficient (Wildman–Crippen LogP) is 1.36. The number of carbonyl (C=O) groups is 3. The summed E-state index contributed by atoms with van der Waals surface area (Å²) in [6, 6.07) is 3.46. The molecule has 1 aromatic rings. The van der Waals surface area contributed by atoms with Crippen LogP contribution in [0.1, 0.15) is 35.3 Å². The minimum absolute atomic E-state index is 0.00557. The highest BCUT2D eigenvalue weighted by Gasteiger charge is 2.38. The number of anilines is 1. The molecular weight excluding hydrogens is 256 g/mol. The van der Waals surface area contributed by atoms with Crippen molar-refractivity contribution in [2.45, 2.75) is 33.7 Å². The summed E-state index contributed by atoms with van der Waals surface area (Å²) in [6.07, 6.45) is 0. The van der Waals surface area contributed by atoms with Crippen LogP contribution < -0.4 is 10.2 Å². The third-order valence-corrected chi connectivity index (χ3v) is 3.41. The number of carbonyl (C=O) groups excluding carboxylic acids is 3. The van der Waals surface area contributed by atoms with Crippen LogP contribution in [0, 0.1) is 13.8 Å². The average molecular weight is 274 g/mol. The number of fused-ring (bicyclic) bond motifs is 1. The van der Waals surface area contributed by atoms with E-state index in [1.165, 1.54) is 4.90 Å². The summed E-state index contributed by atoms with van der Waals surface area (Å²) in [5.74, 6) is -1.44. The molecule has 2 rings (SSSR count). The molecule has 0 aliphatic carbocycles. The minimum Gasteiger partial charge on any atom is -0.352 e. The Bertz CT molecular complexity index is 605. The molecule has 0 bridgehead atoms. The van der Waals surface area contributed by atoms with E-state index in [1.807, 2.05) is 33.8 Å². The molecule has 5 heteroatoms. The van der Waals surface area contributed by atoms with Gasteiger partial charge >= 0.3 is 0 Å². The number of hydrogen-bond donors (Lipinski definition) is 1. The molecule has 0 spiro atoms. The largest absolute Gasteiger partial charge is 0.352 e. The van der Waals surface area contributed by atoms with Crippen molar-refractivity contribution in [3.05, 3.63) is 28.8 Å². The molecule has 20 heavy (non-hydrogen) atoms. The molecule has 1 N–H and O–H groups in total. The fraction of sp³-hybridized carbons (Fsp3) is 0.400. The molecule has 0 aromatic heterocycles. The van der Waals surface area contributed by atoms with Gasteiger partial charge in [0.1, 0.15) is 6.54 Å². The van der Waals surface area contributed by atoms with Gasteiger partial charge in [-0.15, -0.1) is 0 Å². The molecule has 5 nitrogen and oxygen atoms in total. The second-order valence-electron chi connectivity index (χ2n) is 5.35. The molecule has 0 saturated heterocycles. The van der Waals surface area contributed by atoms with Crippen molar-refractivity contribution in [3.8, 4) is 0 Å². The Labute approximate surface area is 118 Å². The first kappa shape index (κ1) is 14.2. The number of aryl methyl sites for hydroxylation is 1. The number of amides is 2. The van der Waals surface area contributed by atoms with Crippen LogP contribution in [0.25, 0.3) is 0 Å². The Balaban J connectivity index is 2.37. The fourth-order valence-electron chi connectivity index (χ4n) is 2.33. The molecule has 1 aromatic carbocycles. The molecule has 2 amide bonds. The monoisotopic (exact) mass is 274 g/mol. The number of nitrogens with zero attached hydrogens (tertiary/aromatic N) is 1. The van der Waals surface area contributed by atoms with E-state index in [0.29, 0.717) is 11.3 Å². The van der Waals surface area contributed by atoms with E-state index in [0.717, 1.165) is 11.1 Å². The summed E-state index contributed by atoms with van der Waals surface area (Å²) in [7, 11) is 0. The van der Waals surface area contributed by atoms with Crippen molar-refractivity contribution < 1.29 is 14.4 Å². The number of nitrogens with one attached hydrogen (secondary N) is 1. The highest BCUT2D eigenvalue weighted by molar-refractivity contribution is 6.52. The van der Waals surface area contributed by atoms with Gasteiger partial charge in [-0.3, -0.25) is 19.3 Å². The Morgan fingerprint density at radius 1 is 1.25 bits per heavy atom. The Hall–Kier alpha value is -2.17. The third kappa shape index (κ3) is 2.31. The van der Waals surface area contributed by atoms with Gasteiger partial charge in [0.05, 0.1) is 11.3 Å². The van der Waals surface area contributed by atoms with Crippen molar-refractivity contribution in [2.75, 3.05) is 11.4 Å². The van der Waals surface area contributed by atoms with Gasteiger partial charge in [0.2, 0.25) is 5.91 Å². The van der Waals surface area contributed by atoms with Crippen LogP contribution in [0.15, 0.2) is 12.1 Å². The van der Waals surface area contributed by atoms with Gasteiger partial charge in [0.25, 0.3) is 11.7 Å². The molecule has 0 unspecified atom stereocenters. The molecular formula is C15H18N2O3. The average Bonchev–Trinajstić information content (AvgIpc) is 2.58. The van der Waals surface area contributed by atoms with Crippen LogP contribution in [0.4, 0.5) is 5.69 Å². The van der Waals surface area contributed by atoms with Gasteiger partial charge in [0.15, 0.2) is 0 Å². The lowest BCUT2D eigenvalue weighted by atomic mass is 10.0. The first-order chi connectivity index (χ1) is 9.32. The van der Waals surface area contributed by atoms with Crippen molar-refractivity contribution in [2.24, 2.45) is 0 Å². The van der Waals surface area contributed by atoms with Gasteiger partial charge in [-0.2, -0.15) is 0 Å². The maximum atomic E-state index is 12.0. The lowest BCUT2D eigenvalue weighted by molar-refractivity contribution is -0.122. The van der Waals surface area contributed by atoms with E-state index in [4.69, 9.17) is 0 Å². The van der Waals surface area contributed by atoms with E-state index in [2.05, 4.69) is 5.32 Å². The van der Waals surface area contributed by atoms with Crippen molar-refractivity contribution in [1.82, 2.24) is 5.32 Å². The Morgan fingerprint density at radius 2 is 1.90 bits per heavy atom. The van der Waals surface area contributed by atoms with E-state index in [-0.39, 0.29) is 18.5 Å². The van der Waals surface area contributed by atoms with Crippen LogP contribution in [0.2, 0.25) is 0 Å². The lowest BCUT2D eigenvalue weighted by Crippen LogP contribution is -2.42. The lowest BCUT2D eigenvalue weighted by Gasteiger charge is -2.19. The second-order valence-corrected chi connectivity index (χ2v) is 5.35. The van der Waals surface area contributed by atoms with E-state index >= 15 is 0 Å². The Kier molecular flexibility index (Phi) is 3.61. The van der Waals surface area contributed by atoms with E-state index in [1.54, 1.807) is 6.07 Å². The van der Waals surface area contributed by atoms with Crippen molar-refractivity contribution in [3.63, 3.8) is 0 Å². The topological polar surface area (TPSA) is 66.5 Å². The number of benzene rings is 1. The normalized spacial score (nSPS) is 13.9. The van der Waals surface area contributed by atoms with Crippen molar-refractivity contribution in [1.29, 1.82) is 0 Å². The Morgan fingerprint density at radius 3 is 2.50 bits per heavy atom. The summed E-state index contributed by atoms with van der Waals surface area (Å²) in [4.78, 5) is 37.1. The van der Waals surface area contributed by atoms with Crippen LogP contribution in [0.3, 0.4) is 0 Å². The zero-order chi connectivity index (χ0) is 15.0. The number of Topliss-reactive ketones (excluding diaryl/α,β-unsaturated/α-hetero) is 1. The summed E-state index contributed by atoms with van der Waals surface area (Å²) < 4.78 is 0. The SMILES string of the molecule is Cc1ccc2c(c1C)N(CC(=O)NC(C)C)C(=O)C2=O. The van der Waals surface area contributed by atoms with Gasteiger partial charge in [0, 0.05) is 6.04 Å². The van der Waals surface area contributed by atoms with Crippen LogP contribution in [-0.2, 0) is 9.59 Å².